The van der Waals surface area contributed by atoms with Gasteiger partial charge in [-0.05, 0) is 56.5 Å². The largest absolute Gasteiger partial charge is 0.507 e. The zero-order valence-electron chi connectivity index (χ0n) is 24.2. The molecule has 3 rings (SSSR count). The van der Waals surface area contributed by atoms with E-state index in [2.05, 4.69) is 78.2 Å². The zero-order valence-corrected chi connectivity index (χ0v) is 24.2. The molecule has 0 aliphatic heterocycles. The van der Waals surface area contributed by atoms with Gasteiger partial charge in [-0.1, -0.05) is 98.0 Å². The van der Waals surface area contributed by atoms with Gasteiger partial charge >= 0.3 is 0 Å². The van der Waals surface area contributed by atoms with Crippen LogP contribution in [0.4, 0.5) is 0 Å². The van der Waals surface area contributed by atoms with E-state index in [4.69, 9.17) is 0 Å². The highest BCUT2D eigenvalue weighted by Crippen LogP contribution is 2.25. The van der Waals surface area contributed by atoms with Gasteiger partial charge in [-0.2, -0.15) is 0 Å². The van der Waals surface area contributed by atoms with Crippen LogP contribution in [0.15, 0.2) is 108 Å². The second kappa shape index (κ2) is 17.4. The van der Waals surface area contributed by atoms with Crippen molar-refractivity contribution in [1.29, 1.82) is 0 Å². The molecule has 0 aliphatic carbocycles. The van der Waals surface area contributed by atoms with E-state index in [9.17, 15) is 5.11 Å². The van der Waals surface area contributed by atoms with Gasteiger partial charge in [-0.25, -0.2) is 0 Å². The summed E-state index contributed by atoms with van der Waals surface area (Å²) in [6, 6.07) is 21.9. The summed E-state index contributed by atoms with van der Waals surface area (Å²) in [7, 11) is 3.66. The van der Waals surface area contributed by atoms with E-state index in [1.165, 1.54) is 27.5 Å². The summed E-state index contributed by atoms with van der Waals surface area (Å²) < 4.78 is 0. The average Bonchev–Trinajstić information content (AvgIpc) is 2.90. The number of allylic oxidation sites excluding steroid dienone is 5. The molecule has 38 heavy (non-hydrogen) atoms. The molecule has 0 aliphatic rings. The Morgan fingerprint density at radius 3 is 2.05 bits per heavy atom. The second-order valence-corrected chi connectivity index (χ2v) is 9.25. The molecule has 0 amide bonds. The smallest absolute Gasteiger partial charge is 0.123 e. The van der Waals surface area contributed by atoms with Crippen LogP contribution in [0, 0.1) is 0 Å². The Morgan fingerprint density at radius 1 is 0.895 bits per heavy atom. The van der Waals surface area contributed by atoms with E-state index >= 15 is 0 Å². The first-order chi connectivity index (χ1) is 18.2. The zero-order chi connectivity index (χ0) is 28.5. The van der Waals surface area contributed by atoms with Crippen molar-refractivity contribution >= 4 is 28.3 Å². The summed E-state index contributed by atoms with van der Waals surface area (Å²) in [4.78, 5) is 3.88. The highest BCUT2D eigenvalue weighted by atomic mass is 16.3. The first-order valence-electron chi connectivity index (χ1n) is 13.0. The normalized spacial score (nSPS) is 9.87. The summed E-state index contributed by atoms with van der Waals surface area (Å²) >= 11 is 0. The molecule has 0 saturated heterocycles. The Labute approximate surface area is 230 Å². The molecule has 0 fully saturated rings. The minimum Gasteiger partial charge on any atom is -0.507 e. The molecule has 4 heteroatoms. The van der Waals surface area contributed by atoms with Crippen molar-refractivity contribution in [2.75, 3.05) is 20.6 Å². The van der Waals surface area contributed by atoms with Crippen LogP contribution in [0.25, 0.3) is 22.0 Å². The lowest BCUT2D eigenvalue weighted by molar-refractivity contribution is 0.474. The van der Waals surface area contributed by atoms with Crippen molar-refractivity contribution in [2.24, 2.45) is 4.99 Å². The fourth-order valence-electron chi connectivity index (χ4n) is 3.60. The number of phenolic OH excluding ortho intramolecular Hbond substituents is 1. The molecule has 3 aromatic rings. The van der Waals surface area contributed by atoms with Gasteiger partial charge in [0.05, 0.1) is 5.70 Å². The minimum absolute atomic E-state index is 0.282. The van der Waals surface area contributed by atoms with E-state index in [-0.39, 0.29) is 5.75 Å². The van der Waals surface area contributed by atoms with E-state index in [1.54, 1.807) is 19.2 Å². The van der Waals surface area contributed by atoms with Crippen LogP contribution in [0.3, 0.4) is 0 Å². The molecule has 0 spiro atoms. The quantitative estimate of drug-likeness (QED) is 0.210. The monoisotopic (exact) mass is 511 g/mol. The van der Waals surface area contributed by atoms with Gasteiger partial charge in [-0.15, -0.1) is 0 Å². The number of aromatic hydroxyl groups is 1. The molecular formula is C34H45N3O. The summed E-state index contributed by atoms with van der Waals surface area (Å²) in [5.41, 5.74) is 7.38. The Hall–Kier alpha value is -4.05. The number of nitrogens with one attached hydrogen (secondary N) is 2. The second-order valence-electron chi connectivity index (χ2n) is 9.25. The van der Waals surface area contributed by atoms with Gasteiger partial charge in [0.25, 0.3) is 0 Å². The molecule has 0 saturated carbocycles. The van der Waals surface area contributed by atoms with Gasteiger partial charge in [0.1, 0.15) is 5.75 Å². The number of hydrogen-bond acceptors (Lipinski definition) is 4. The number of benzene rings is 3. The van der Waals surface area contributed by atoms with Gasteiger partial charge in [-0.3, -0.25) is 4.99 Å². The van der Waals surface area contributed by atoms with Crippen LogP contribution in [-0.4, -0.2) is 32.0 Å². The molecule has 0 unspecified atom stereocenters. The molecule has 0 heterocycles. The topological polar surface area (TPSA) is 56.6 Å². The number of hydrogen-bond donors (Lipinski definition) is 3. The maximum absolute atomic E-state index is 9.50. The number of rotatable bonds is 8. The van der Waals surface area contributed by atoms with Crippen LogP contribution < -0.4 is 10.6 Å². The van der Waals surface area contributed by atoms with Crippen LogP contribution in [0.2, 0.25) is 0 Å². The summed E-state index contributed by atoms with van der Waals surface area (Å²) in [5.74, 6) is 0.282. The Bertz CT molecular complexity index is 1270. The predicted octanol–water partition coefficient (Wildman–Crippen LogP) is 8.38. The highest BCUT2D eigenvalue weighted by molar-refractivity contribution is 5.93. The molecule has 3 N–H and O–H groups in total. The summed E-state index contributed by atoms with van der Waals surface area (Å²) in [5, 5.41) is 18.4. The molecule has 0 radical (unpaired) electrons. The third-order valence-corrected chi connectivity index (χ3v) is 5.48. The number of para-hydroxylation sites is 1. The Morgan fingerprint density at radius 2 is 1.50 bits per heavy atom. The van der Waals surface area contributed by atoms with Gasteiger partial charge in [0.2, 0.25) is 0 Å². The van der Waals surface area contributed by atoms with Crippen LogP contribution in [-0.2, 0) is 0 Å². The Kier molecular flexibility index (Phi) is 14.7. The molecule has 0 atom stereocenters. The van der Waals surface area contributed by atoms with Gasteiger partial charge in [0.15, 0.2) is 0 Å². The average molecular weight is 512 g/mol. The number of nitrogens with zero attached hydrogens (tertiary/aromatic N) is 1. The predicted molar refractivity (Wildman–Crippen MR) is 170 cm³/mol. The SMILES string of the molecule is C=C(C=C(C)C)c1ccccc1O.C=C(NCCC)c1cccc2ccccc12.CN=CC(NC)=C(C)C. The van der Waals surface area contributed by atoms with E-state index in [0.717, 1.165) is 35.5 Å². The molecule has 3 aromatic carbocycles. The third-order valence-electron chi connectivity index (χ3n) is 5.48. The minimum atomic E-state index is 0.282. The van der Waals surface area contributed by atoms with E-state index in [0.29, 0.717) is 0 Å². The summed E-state index contributed by atoms with van der Waals surface area (Å²) in [6.45, 7) is 19.2. The molecule has 0 aromatic heterocycles. The van der Waals surface area contributed by atoms with Crippen LogP contribution >= 0.6 is 0 Å². The van der Waals surface area contributed by atoms with Crippen molar-refractivity contribution in [3.05, 3.63) is 114 Å². The summed E-state index contributed by atoms with van der Waals surface area (Å²) in [6.07, 6.45) is 4.88. The lowest BCUT2D eigenvalue weighted by atomic mass is 10.0. The van der Waals surface area contributed by atoms with Crippen molar-refractivity contribution in [3.8, 4) is 5.75 Å². The van der Waals surface area contributed by atoms with Gasteiger partial charge in [0, 0.05) is 43.7 Å². The highest BCUT2D eigenvalue weighted by Gasteiger charge is 2.03. The number of aliphatic imine (C=N–C) groups is 1. The molecule has 202 valence electrons. The molecule has 4 nitrogen and oxygen atoms in total. The van der Waals surface area contributed by atoms with Crippen molar-refractivity contribution in [1.82, 2.24) is 10.6 Å². The molecule has 0 bridgehead atoms. The van der Waals surface area contributed by atoms with Crippen molar-refractivity contribution in [2.45, 2.75) is 41.0 Å². The fraction of sp³-hybridized carbons (Fsp3) is 0.265. The standard InChI is InChI=1S/C15H17N.C12H14O.C7H14N2/c1-3-11-16-12(2)14-10-6-8-13-7-4-5-9-15(13)14;1-9(2)8-10(3)11-6-4-5-7-12(11)13;1-6(2)7(9-4)5-8-3/h4-10,16H,2-3,11H2,1H3;4-8,13H,3H2,1-2H3;5,9H,1-4H3. The molecular weight excluding hydrogens is 466 g/mol. The van der Waals surface area contributed by atoms with E-state index < -0.39 is 0 Å². The fourth-order valence-corrected chi connectivity index (χ4v) is 3.60. The lowest BCUT2D eigenvalue weighted by Crippen LogP contribution is -2.12. The first-order valence-corrected chi connectivity index (χ1v) is 13.0. The maximum atomic E-state index is 9.50. The lowest BCUT2D eigenvalue weighted by Gasteiger charge is -2.11. The van der Waals surface area contributed by atoms with E-state index in [1.807, 2.05) is 59.2 Å². The van der Waals surface area contributed by atoms with Crippen LogP contribution in [0.5, 0.6) is 5.75 Å². The van der Waals surface area contributed by atoms with Crippen molar-refractivity contribution < 1.29 is 5.11 Å². The number of fused-ring (bicyclic) bond motifs is 1. The number of phenols is 1. The van der Waals surface area contributed by atoms with Gasteiger partial charge < -0.3 is 15.7 Å². The third kappa shape index (κ3) is 10.9. The first kappa shape index (κ1) is 32.0. The van der Waals surface area contributed by atoms with Crippen molar-refractivity contribution in [3.63, 3.8) is 0 Å². The Balaban J connectivity index is 0.000000298. The maximum Gasteiger partial charge on any atom is 0.123 e. The van der Waals surface area contributed by atoms with Crippen LogP contribution in [0.1, 0.15) is 52.2 Å².